The van der Waals surface area contributed by atoms with Crippen molar-refractivity contribution in [2.24, 2.45) is 23.5 Å². The van der Waals surface area contributed by atoms with Crippen LogP contribution >= 0.6 is 0 Å². The first-order valence-corrected chi connectivity index (χ1v) is 13.8. The Hall–Kier alpha value is -3.12. The first-order chi connectivity index (χ1) is 18.8. The van der Waals surface area contributed by atoms with Crippen molar-refractivity contribution in [2.45, 2.75) is 63.2 Å². The molecular formula is C30H41N3O8. The number of carbonyl (C=O) groups is 4. The Morgan fingerprint density at radius 1 is 1.12 bits per heavy atom. The van der Waals surface area contributed by atoms with E-state index < -0.39 is 64.1 Å². The SMILES string of the molecule is CN(C)CCC(=O)c1cc(C(C)(C)C)c(O)c2c1C[C@H]1C[C@H]3[C@H](N(C)C)C(O)C(C(N)=O)C(=O)[C@@]3(O)C(=O)C1=C2O. The minimum atomic E-state index is -2.73. The molecule has 0 aromatic heterocycles. The molecule has 2 unspecified atom stereocenters. The average molecular weight is 572 g/mol. The lowest BCUT2D eigenvalue weighted by atomic mass is 9.54. The monoisotopic (exact) mass is 571 g/mol. The molecule has 1 amide bonds. The molecule has 11 heteroatoms. The predicted molar refractivity (Wildman–Crippen MR) is 150 cm³/mol. The number of fused-ring (bicyclic) bond motifs is 3. The molecule has 0 radical (unpaired) electrons. The molecule has 2 saturated carbocycles. The first-order valence-electron chi connectivity index (χ1n) is 13.8. The number of amides is 1. The van der Waals surface area contributed by atoms with Crippen molar-refractivity contribution < 1.29 is 39.6 Å². The molecule has 41 heavy (non-hydrogen) atoms. The highest BCUT2D eigenvalue weighted by atomic mass is 16.3. The van der Waals surface area contributed by atoms with Gasteiger partial charge in [0.05, 0.1) is 11.7 Å². The summed E-state index contributed by atoms with van der Waals surface area (Å²) in [6, 6.07) is 0.668. The molecule has 0 bridgehead atoms. The van der Waals surface area contributed by atoms with Gasteiger partial charge in [0.25, 0.3) is 0 Å². The number of ketones is 3. The summed E-state index contributed by atoms with van der Waals surface area (Å²) in [5.74, 6) is -8.21. The van der Waals surface area contributed by atoms with Crippen LogP contribution in [0.4, 0.5) is 0 Å². The number of aliphatic hydroxyl groups excluding tert-OH is 2. The highest BCUT2D eigenvalue weighted by Gasteiger charge is 2.67. The van der Waals surface area contributed by atoms with E-state index in [4.69, 9.17) is 5.73 Å². The molecule has 2 fully saturated rings. The predicted octanol–water partition coefficient (Wildman–Crippen LogP) is 0.561. The lowest BCUT2D eigenvalue weighted by Gasteiger charge is -2.53. The van der Waals surface area contributed by atoms with Crippen LogP contribution in [0.25, 0.3) is 5.76 Å². The molecule has 4 rings (SSSR count). The highest BCUT2D eigenvalue weighted by Crippen LogP contribution is 2.53. The van der Waals surface area contributed by atoms with Crippen LogP contribution in [-0.2, 0) is 26.2 Å². The van der Waals surface area contributed by atoms with E-state index in [1.54, 1.807) is 25.1 Å². The number of hydrogen-bond acceptors (Lipinski definition) is 10. The lowest BCUT2D eigenvalue weighted by molar-refractivity contribution is -0.184. The Morgan fingerprint density at radius 2 is 1.73 bits per heavy atom. The van der Waals surface area contributed by atoms with Crippen molar-refractivity contribution in [3.63, 3.8) is 0 Å². The fourth-order valence-corrected chi connectivity index (χ4v) is 6.95. The molecule has 3 aliphatic rings. The Kier molecular flexibility index (Phi) is 7.75. The van der Waals surface area contributed by atoms with Crippen LogP contribution in [-0.4, -0.2) is 106 Å². The number of carbonyl (C=O) groups excluding carboxylic acids is 4. The van der Waals surface area contributed by atoms with E-state index in [0.717, 1.165) is 0 Å². The molecule has 0 aliphatic heterocycles. The smallest absolute Gasteiger partial charge is 0.230 e. The quantitative estimate of drug-likeness (QED) is 0.239. The number of benzene rings is 1. The van der Waals surface area contributed by atoms with E-state index in [2.05, 4.69) is 0 Å². The van der Waals surface area contributed by atoms with Gasteiger partial charge in [-0.05, 0) is 64.0 Å². The maximum absolute atomic E-state index is 14.1. The van der Waals surface area contributed by atoms with Crippen molar-refractivity contribution in [3.8, 4) is 5.75 Å². The number of nitrogens with zero attached hydrogens (tertiary/aromatic N) is 2. The largest absolute Gasteiger partial charge is 0.507 e. The minimum absolute atomic E-state index is 0.00862. The number of phenolic OH excluding ortho intramolecular Hbond substituents is 1. The fraction of sp³-hybridized carbons (Fsp3) is 0.600. The van der Waals surface area contributed by atoms with Gasteiger partial charge in [-0.15, -0.1) is 0 Å². The number of nitrogens with two attached hydrogens (primary N) is 1. The third-order valence-corrected chi connectivity index (χ3v) is 8.98. The number of hydrogen-bond donors (Lipinski definition) is 5. The second-order valence-corrected chi connectivity index (χ2v) is 13.2. The molecule has 0 heterocycles. The summed E-state index contributed by atoms with van der Waals surface area (Å²) in [5, 5.41) is 45.8. The molecule has 0 saturated heterocycles. The number of likely N-dealkylation sites (N-methyl/N-ethyl adjacent to an activating group) is 1. The van der Waals surface area contributed by atoms with Gasteiger partial charge in [0.2, 0.25) is 11.7 Å². The fourth-order valence-electron chi connectivity index (χ4n) is 6.95. The van der Waals surface area contributed by atoms with Gasteiger partial charge < -0.3 is 36.0 Å². The molecule has 224 valence electrons. The normalized spacial score (nSPS) is 29.9. The summed E-state index contributed by atoms with van der Waals surface area (Å²) in [6.07, 6.45) is -1.30. The van der Waals surface area contributed by atoms with Crippen LogP contribution in [0.3, 0.4) is 0 Å². The Labute approximate surface area is 239 Å². The Morgan fingerprint density at radius 3 is 2.24 bits per heavy atom. The number of rotatable bonds is 6. The topological polar surface area (TPSA) is 182 Å². The van der Waals surface area contributed by atoms with Gasteiger partial charge >= 0.3 is 0 Å². The van der Waals surface area contributed by atoms with Crippen LogP contribution < -0.4 is 5.73 Å². The van der Waals surface area contributed by atoms with Crippen LogP contribution in [0.5, 0.6) is 5.75 Å². The standard InChI is InChI=1S/C30H41N3O8/c1-29(2,3)17-12-14(18(34)8-9-32(4)5)15-10-13-11-16-22(33(6)7)25(37)21(28(31)40)27(39)30(16,41)26(38)19(13)24(36)20(15)23(17)35/h12-13,16,21-22,25,35-37,41H,8-11H2,1-7H3,(H2,31,40)/t13-,16-,21?,22-,25?,30-/m0/s1. The van der Waals surface area contributed by atoms with Crippen LogP contribution in [0.15, 0.2) is 11.6 Å². The zero-order chi connectivity index (χ0) is 30.9. The molecule has 11 nitrogen and oxygen atoms in total. The maximum atomic E-state index is 14.1. The third-order valence-electron chi connectivity index (χ3n) is 8.98. The van der Waals surface area contributed by atoms with Crippen LogP contribution in [0, 0.1) is 17.8 Å². The van der Waals surface area contributed by atoms with E-state index in [0.29, 0.717) is 23.2 Å². The molecule has 3 aliphatic carbocycles. The van der Waals surface area contributed by atoms with Gasteiger partial charge in [-0.1, -0.05) is 20.8 Å². The molecule has 0 spiro atoms. The van der Waals surface area contributed by atoms with Crippen molar-refractivity contribution in [3.05, 3.63) is 33.9 Å². The number of Topliss-reactive ketones (excluding diaryl/α,β-unsaturated/α-hetero) is 3. The van der Waals surface area contributed by atoms with Crippen molar-refractivity contribution in [1.82, 2.24) is 9.80 Å². The van der Waals surface area contributed by atoms with Gasteiger partial charge in [0, 0.05) is 41.6 Å². The van der Waals surface area contributed by atoms with E-state index in [1.165, 1.54) is 0 Å². The lowest BCUT2D eigenvalue weighted by Crippen LogP contribution is -2.73. The van der Waals surface area contributed by atoms with E-state index in [-0.39, 0.29) is 41.9 Å². The Bertz CT molecular complexity index is 1360. The van der Waals surface area contributed by atoms with Crippen LogP contribution in [0.1, 0.15) is 60.7 Å². The maximum Gasteiger partial charge on any atom is 0.230 e. The average Bonchev–Trinajstić information content (AvgIpc) is 2.83. The zero-order valence-electron chi connectivity index (χ0n) is 24.7. The van der Waals surface area contributed by atoms with Gasteiger partial charge in [-0.3, -0.25) is 19.2 Å². The number of phenols is 1. The van der Waals surface area contributed by atoms with E-state index >= 15 is 0 Å². The second kappa shape index (κ2) is 10.3. The highest BCUT2D eigenvalue weighted by molar-refractivity contribution is 6.25. The summed E-state index contributed by atoms with van der Waals surface area (Å²) in [6.45, 7) is 6.01. The van der Waals surface area contributed by atoms with Gasteiger partial charge in [0.15, 0.2) is 17.2 Å². The molecule has 6 N–H and O–H groups in total. The molecule has 1 aromatic rings. The summed E-state index contributed by atoms with van der Waals surface area (Å²) in [7, 11) is 6.89. The molecule has 1 aromatic carbocycles. The van der Waals surface area contributed by atoms with Gasteiger partial charge in [0.1, 0.15) is 17.4 Å². The number of aromatic hydroxyl groups is 1. The summed E-state index contributed by atoms with van der Waals surface area (Å²) in [4.78, 5) is 56.7. The molecule has 6 atom stereocenters. The summed E-state index contributed by atoms with van der Waals surface area (Å²) >= 11 is 0. The van der Waals surface area contributed by atoms with E-state index in [1.807, 2.05) is 39.8 Å². The number of primary amides is 1. The second-order valence-electron chi connectivity index (χ2n) is 13.2. The zero-order valence-corrected chi connectivity index (χ0v) is 24.7. The minimum Gasteiger partial charge on any atom is -0.507 e. The first kappa shape index (κ1) is 30.8. The van der Waals surface area contributed by atoms with Gasteiger partial charge in [-0.2, -0.15) is 0 Å². The third kappa shape index (κ3) is 4.68. The number of aliphatic hydroxyl groups is 3. The summed E-state index contributed by atoms with van der Waals surface area (Å²) in [5.41, 5.74) is 2.88. The van der Waals surface area contributed by atoms with E-state index in [9.17, 15) is 39.6 Å². The van der Waals surface area contributed by atoms with Crippen molar-refractivity contribution >= 4 is 29.0 Å². The summed E-state index contributed by atoms with van der Waals surface area (Å²) < 4.78 is 0. The van der Waals surface area contributed by atoms with Crippen LogP contribution in [0.2, 0.25) is 0 Å². The van der Waals surface area contributed by atoms with Crippen molar-refractivity contribution in [2.75, 3.05) is 34.7 Å². The Balaban J connectivity index is 1.96. The van der Waals surface area contributed by atoms with Crippen molar-refractivity contribution in [1.29, 1.82) is 0 Å². The molecular weight excluding hydrogens is 530 g/mol. The van der Waals surface area contributed by atoms with Gasteiger partial charge in [-0.25, -0.2) is 0 Å².